The predicted molar refractivity (Wildman–Crippen MR) is 110 cm³/mol. The van der Waals surface area contributed by atoms with E-state index in [-0.39, 0.29) is 5.91 Å². The summed E-state index contributed by atoms with van der Waals surface area (Å²) in [5.74, 6) is -0.331. The second-order valence-electron chi connectivity index (χ2n) is 7.61. The molecule has 0 saturated carbocycles. The first-order valence-corrected chi connectivity index (χ1v) is 10.8. The number of carbonyl (C=O) groups excluding carboxylic acids is 1. The van der Waals surface area contributed by atoms with Crippen molar-refractivity contribution < 1.29 is 13.2 Å². The summed E-state index contributed by atoms with van der Waals surface area (Å²) < 4.78 is 26.0. The van der Waals surface area contributed by atoms with Gasteiger partial charge in [-0.1, -0.05) is 42.5 Å². The molecule has 0 aliphatic carbocycles. The number of anilines is 1. The lowest BCUT2D eigenvalue weighted by Crippen LogP contribution is -2.54. The highest BCUT2D eigenvalue weighted by Gasteiger charge is 2.32. The van der Waals surface area contributed by atoms with E-state index in [1.54, 1.807) is 25.1 Å². The SMILES string of the molecule is Cc1cccc(N([C@H](C)C(=O)NC(C)(C)Cc2ccccc2)S(C)(=O)=O)c1. The van der Waals surface area contributed by atoms with Crippen LogP contribution in [0.3, 0.4) is 0 Å². The molecule has 146 valence electrons. The first-order valence-electron chi connectivity index (χ1n) is 8.92. The number of nitrogens with zero attached hydrogens (tertiary/aromatic N) is 1. The number of benzene rings is 2. The molecular weight excluding hydrogens is 360 g/mol. The smallest absolute Gasteiger partial charge is 0.244 e. The zero-order valence-corrected chi connectivity index (χ0v) is 17.4. The number of nitrogens with one attached hydrogen (secondary N) is 1. The molecule has 27 heavy (non-hydrogen) atoms. The van der Waals surface area contributed by atoms with Gasteiger partial charge in [-0.2, -0.15) is 0 Å². The van der Waals surface area contributed by atoms with Crippen LogP contribution >= 0.6 is 0 Å². The fourth-order valence-corrected chi connectivity index (χ4v) is 4.33. The Morgan fingerprint density at radius 2 is 1.74 bits per heavy atom. The molecule has 0 spiro atoms. The lowest BCUT2D eigenvalue weighted by atomic mass is 9.94. The zero-order chi connectivity index (χ0) is 20.2. The molecule has 0 bridgehead atoms. The number of sulfonamides is 1. The highest BCUT2D eigenvalue weighted by molar-refractivity contribution is 7.92. The first kappa shape index (κ1) is 21.0. The molecule has 0 aromatic heterocycles. The van der Waals surface area contributed by atoms with Gasteiger partial charge in [-0.05, 0) is 57.4 Å². The van der Waals surface area contributed by atoms with Gasteiger partial charge in [-0.25, -0.2) is 8.42 Å². The maximum Gasteiger partial charge on any atom is 0.244 e. The molecule has 0 saturated heterocycles. The molecule has 1 atom stereocenters. The van der Waals surface area contributed by atoms with E-state index in [2.05, 4.69) is 5.32 Å². The van der Waals surface area contributed by atoms with Crippen LogP contribution in [0.25, 0.3) is 0 Å². The number of hydrogen-bond donors (Lipinski definition) is 1. The second-order valence-corrected chi connectivity index (χ2v) is 9.47. The molecule has 1 amide bonds. The van der Waals surface area contributed by atoms with Gasteiger partial charge in [-0.15, -0.1) is 0 Å². The molecule has 0 heterocycles. The average molecular weight is 389 g/mol. The third kappa shape index (κ3) is 5.82. The minimum Gasteiger partial charge on any atom is -0.349 e. The van der Waals surface area contributed by atoms with Crippen molar-refractivity contribution in [1.29, 1.82) is 0 Å². The Hall–Kier alpha value is -2.34. The van der Waals surface area contributed by atoms with E-state index in [0.29, 0.717) is 12.1 Å². The van der Waals surface area contributed by atoms with Crippen LogP contribution < -0.4 is 9.62 Å². The van der Waals surface area contributed by atoms with E-state index in [4.69, 9.17) is 0 Å². The molecule has 6 heteroatoms. The van der Waals surface area contributed by atoms with E-state index in [1.807, 2.05) is 57.2 Å². The van der Waals surface area contributed by atoms with Crippen molar-refractivity contribution in [3.05, 3.63) is 65.7 Å². The summed E-state index contributed by atoms with van der Waals surface area (Å²) >= 11 is 0. The third-order valence-corrected chi connectivity index (χ3v) is 5.54. The summed E-state index contributed by atoms with van der Waals surface area (Å²) in [5, 5.41) is 3.00. The van der Waals surface area contributed by atoms with Gasteiger partial charge < -0.3 is 5.32 Å². The molecule has 0 aliphatic rings. The molecular formula is C21H28N2O3S. The molecule has 0 fully saturated rings. The van der Waals surface area contributed by atoms with E-state index < -0.39 is 21.6 Å². The van der Waals surface area contributed by atoms with E-state index >= 15 is 0 Å². The summed E-state index contributed by atoms with van der Waals surface area (Å²) in [7, 11) is -3.62. The summed E-state index contributed by atoms with van der Waals surface area (Å²) in [5.41, 5.74) is 2.01. The van der Waals surface area contributed by atoms with Gasteiger partial charge in [0.15, 0.2) is 0 Å². The largest absolute Gasteiger partial charge is 0.349 e. The fourth-order valence-electron chi connectivity index (χ4n) is 3.16. The molecule has 0 aliphatic heterocycles. The van der Waals surface area contributed by atoms with Crippen molar-refractivity contribution in [3.63, 3.8) is 0 Å². The molecule has 2 aromatic carbocycles. The van der Waals surface area contributed by atoms with Crippen molar-refractivity contribution >= 4 is 21.6 Å². The van der Waals surface area contributed by atoms with Gasteiger partial charge >= 0.3 is 0 Å². The van der Waals surface area contributed by atoms with E-state index in [9.17, 15) is 13.2 Å². The normalized spacial score (nSPS) is 13.1. The van der Waals surface area contributed by atoms with Gasteiger partial charge in [0.25, 0.3) is 0 Å². The lowest BCUT2D eigenvalue weighted by molar-refractivity contribution is -0.123. The van der Waals surface area contributed by atoms with Crippen molar-refractivity contribution in [3.8, 4) is 0 Å². The van der Waals surface area contributed by atoms with Crippen LogP contribution in [0.5, 0.6) is 0 Å². The fraction of sp³-hybridized carbons (Fsp3) is 0.381. The highest BCUT2D eigenvalue weighted by Crippen LogP contribution is 2.22. The van der Waals surface area contributed by atoms with Gasteiger partial charge in [-0.3, -0.25) is 9.10 Å². The summed E-state index contributed by atoms with van der Waals surface area (Å²) in [6, 6.07) is 16.1. The minimum absolute atomic E-state index is 0.331. The maximum absolute atomic E-state index is 12.9. The van der Waals surface area contributed by atoms with Crippen LogP contribution in [0.2, 0.25) is 0 Å². The maximum atomic E-state index is 12.9. The van der Waals surface area contributed by atoms with Crippen LogP contribution in [0.1, 0.15) is 31.9 Å². The Bertz CT molecular complexity index is 893. The van der Waals surface area contributed by atoms with Gasteiger partial charge in [0.2, 0.25) is 15.9 Å². The topological polar surface area (TPSA) is 66.5 Å². The average Bonchev–Trinajstić information content (AvgIpc) is 2.53. The van der Waals surface area contributed by atoms with Crippen LogP contribution in [-0.2, 0) is 21.2 Å². The molecule has 0 unspecified atom stereocenters. The molecule has 0 radical (unpaired) electrons. The second kappa shape index (κ2) is 8.13. The van der Waals surface area contributed by atoms with Crippen LogP contribution in [0.4, 0.5) is 5.69 Å². The Labute approximate surface area is 162 Å². The Kier molecular flexibility index (Phi) is 6.31. The van der Waals surface area contributed by atoms with Crippen LogP contribution in [0.15, 0.2) is 54.6 Å². The summed E-state index contributed by atoms with van der Waals surface area (Å²) in [6.45, 7) is 7.36. The number of amides is 1. The van der Waals surface area contributed by atoms with Gasteiger partial charge in [0.1, 0.15) is 6.04 Å². The third-order valence-electron chi connectivity index (χ3n) is 4.30. The number of carbonyl (C=O) groups is 1. The number of aryl methyl sites for hydroxylation is 1. The Balaban J connectivity index is 2.22. The molecule has 5 nitrogen and oxygen atoms in total. The van der Waals surface area contributed by atoms with Gasteiger partial charge in [0, 0.05) is 5.54 Å². The van der Waals surface area contributed by atoms with Crippen molar-refractivity contribution in [1.82, 2.24) is 5.32 Å². The van der Waals surface area contributed by atoms with E-state index in [0.717, 1.165) is 17.4 Å². The number of hydrogen-bond acceptors (Lipinski definition) is 3. The Morgan fingerprint density at radius 3 is 2.30 bits per heavy atom. The van der Waals surface area contributed by atoms with Gasteiger partial charge in [0.05, 0.1) is 11.9 Å². The Morgan fingerprint density at radius 1 is 1.11 bits per heavy atom. The summed E-state index contributed by atoms with van der Waals surface area (Å²) in [4.78, 5) is 12.9. The highest BCUT2D eigenvalue weighted by atomic mass is 32.2. The van der Waals surface area contributed by atoms with E-state index in [1.165, 1.54) is 4.31 Å². The van der Waals surface area contributed by atoms with Crippen LogP contribution in [-0.4, -0.2) is 32.2 Å². The first-order chi connectivity index (χ1) is 12.5. The zero-order valence-electron chi connectivity index (χ0n) is 16.6. The predicted octanol–water partition coefficient (Wildman–Crippen LogP) is 3.29. The quantitative estimate of drug-likeness (QED) is 0.791. The van der Waals surface area contributed by atoms with Crippen molar-refractivity contribution in [2.45, 2.75) is 45.7 Å². The number of rotatable bonds is 7. The van der Waals surface area contributed by atoms with Crippen molar-refractivity contribution in [2.24, 2.45) is 0 Å². The monoisotopic (exact) mass is 388 g/mol. The lowest BCUT2D eigenvalue weighted by Gasteiger charge is -2.33. The molecule has 1 N–H and O–H groups in total. The van der Waals surface area contributed by atoms with Crippen LogP contribution in [0, 0.1) is 6.92 Å². The molecule has 2 rings (SSSR count). The molecule has 2 aromatic rings. The minimum atomic E-state index is -3.62. The summed E-state index contributed by atoms with van der Waals surface area (Å²) in [6.07, 6.45) is 1.77. The standard InChI is InChI=1S/C21H28N2O3S/c1-16-10-9-13-19(14-16)23(27(5,25)26)17(2)20(24)22-21(3,4)15-18-11-7-6-8-12-18/h6-14,17H,15H2,1-5H3,(H,22,24)/t17-/m1/s1. The van der Waals surface area contributed by atoms with Crippen molar-refractivity contribution in [2.75, 3.05) is 10.6 Å².